The molecule has 8 nitrogen and oxygen atoms in total. The summed E-state index contributed by atoms with van der Waals surface area (Å²) in [6.07, 6.45) is 5.49. The van der Waals surface area contributed by atoms with Crippen molar-refractivity contribution < 1.29 is 9.18 Å². The van der Waals surface area contributed by atoms with E-state index in [1.54, 1.807) is 31.5 Å². The summed E-state index contributed by atoms with van der Waals surface area (Å²) in [4.78, 5) is 22.1. The summed E-state index contributed by atoms with van der Waals surface area (Å²) in [6.45, 7) is 10.2. The van der Waals surface area contributed by atoms with Crippen molar-refractivity contribution in [3.05, 3.63) is 71.3 Å². The van der Waals surface area contributed by atoms with Crippen molar-refractivity contribution in [3.63, 3.8) is 0 Å². The number of fused-ring (bicyclic) bond motifs is 1. The number of aryl methyl sites for hydroxylation is 2. The third-order valence-corrected chi connectivity index (χ3v) is 6.37. The average molecular weight is 474 g/mol. The lowest BCUT2D eigenvalue weighted by atomic mass is 9.93. The number of amides is 1. The Morgan fingerprint density at radius 1 is 1.20 bits per heavy atom. The lowest BCUT2D eigenvalue weighted by molar-refractivity contribution is 0.102. The van der Waals surface area contributed by atoms with Gasteiger partial charge in [-0.25, -0.2) is 14.4 Å². The maximum Gasteiger partial charge on any atom is 0.259 e. The highest BCUT2D eigenvalue weighted by atomic mass is 19.1. The number of anilines is 1. The van der Waals surface area contributed by atoms with E-state index in [-0.39, 0.29) is 17.0 Å². The predicted molar refractivity (Wildman–Crippen MR) is 131 cm³/mol. The molecule has 3 aromatic heterocycles. The van der Waals surface area contributed by atoms with E-state index in [9.17, 15) is 9.18 Å². The fourth-order valence-electron chi connectivity index (χ4n) is 4.37. The molecule has 1 atom stereocenters. The number of nitrogens with zero attached hydrogens (tertiary/aromatic N) is 6. The molecule has 1 aromatic carbocycles. The van der Waals surface area contributed by atoms with Crippen LogP contribution in [0.4, 0.5) is 10.2 Å². The van der Waals surface area contributed by atoms with Gasteiger partial charge in [-0.2, -0.15) is 0 Å². The lowest BCUT2D eigenvalue weighted by Gasteiger charge is -2.15. The number of aromatic nitrogens is 6. The monoisotopic (exact) mass is 473 g/mol. The van der Waals surface area contributed by atoms with E-state index < -0.39 is 11.7 Å². The molecule has 1 aliphatic heterocycles. The highest BCUT2D eigenvalue weighted by Gasteiger charge is 2.25. The predicted octanol–water partition coefficient (Wildman–Crippen LogP) is 5.03. The van der Waals surface area contributed by atoms with Gasteiger partial charge in [-0.1, -0.05) is 26.8 Å². The normalized spacial score (nSPS) is 15.3. The Bertz CT molecular complexity index is 1430. The summed E-state index contributed by atoms with van der Waals surface area (Å²) in [5, 5.41) is 11.3. The minimum absolute atomic E-state index is 0.0687. The van der Waals surface area contributed by atoms with Gasteiger partial charge in [-0.15, -0.1) is 10.2 Å². The first kappa shape index (κ1) is 22.9. The van der Waals surface area contributed by atoms with Crippen LogP contribution in [0, 0.1) is 12.7 Å². The van der Waals surface area contributed by atoms with E-state index in [4.69, 9.17) is 0 Å². The molecule has 0 radical (unpaired) electrons. The number of carbonyl (C=O) groups excluding carboxylic acids is 1. The molecule has 5 rings (SSSR count). The molecule has 0 saturated heterocycles. The van der Waals surface area contributed by atoms with E-state index in [1.165, 1.54) is 6.07 Å². The third-order valence-electron chi connectivity index (χ3n) is 6.37. The largest absolute Gasteiger partial charge is 0.307 e. The van der Waals surface area contributed by atoms with Crippen LogP contribution < -0.4 is 5.32 Å². The van der Waals surface area contributed by atoms with Crippen LogP contribution in [-0.4, -0.2) is 35.2 Å². The van der Waals surface area contributed by atoms with Crippen LogP contribution >= 0.6 is 0 Å². The average Bonchev–Trinajstić information content (AvgIpc) is 3.52. The molecule has 0 saturated carbocycles. The van der Waals surface area contributed by atoms with Gasteiger partial charge in [-0.3, -0.25) is 4.79 Å². The Balaban J connectivity index is 1.43. The first-order valence-electron chi connectivity index (χ1n) is 11.7. The van der Waals surface area contributed by atoms with Crippen LogP contribution in [0.3, 0.4) is 0 Å². The molecule has 4 heterocycles. The molecule has 180 valence electrons. The molecule has 35 heavy (non-hydrogen) atoms. The second-order valence-electron chi connectivity index (χ2n) is 10.1. The van der Waals surface area contributed by atoms with Gasteiger partial charge in [0.1, 0.15) is 23.2 Å². The Morgan fingerprint density at radius 2 is 2.00 bits per heavy atom. The lowest BCUT2D eigenvalue weighted by Crippen LogP contribution is -2.16. The standard InChI is InChI=1S/C26H28FN7O/c1-15-11-18(27)17(12-20(15)33-13-21(28-14-33)26(3,4)5)25(35)30-22-8-6-7-19(29-22)24-32-31-23-10-9-16(2)34(23)24/h6-8,11-14,16H,9-10H2,1-5H3,(H,29,30,35)/t16-/m0/s1. The van der Waals surface area contributed by atoms with Crippen molar-refractivity contribution in [1.29, 1.82) is 0 Å². The van der Waals surface area contributed by atoms with Crippen LogP contribution in [0.2, 0.25) is 0 Å². The quantitative estimate of drug-likeness (QED) is 0.449. The van der Waals surface area contributed by atoms with Crippen molar-refractivity contribution in [2.75, 3.05) is 5.32 Å². The number of imidazole rings is 1. The summed E-state index contributed by atoms with van der Waals surface area (Å²) >= 11 is 0. The number of nitrogens with one attached hydrogen (secondary N) is 1. The van der Waals surface area contributed by atoms with Crippen LogP contribution in [0.1, 0.15) is 67.6 Å². The van der Waals surface area contributed by atoms with Crippen molar-refractivity contribution in [3.8, 4) is 17.2 Å². The molecule has 0 bridgehead atoms. The second-order valence-corrected chi connectivity index (χ2v) is 10.1. The maximum atomic E-state index is 14.9. The Labute approximate surface area is 203 Å². The van der Waals surface area contributed by atoms with Crippen molar-refractivity contribution in [2.45, 2.75) is 58.9 Å². The van der Waals surface area contributed by atoms with Crippen LogP contribution in [0.5, 0.6) is 0 Å². The molecule has 9 heteroatoms. The number of halogens is 1. The minimum Gasteiger partial charge on any atom is -0.307 e. The van der Waals surface area contributed by atoms with E-state index in [0.29, 0.717) is 28.6 Å². The topological polar surface area (TPSA) is 90.5 Å². The second kappa shape index (κ2) is 8.41. The van der Waals surface area contributed by atoms with E-state index in [1.807, 2.05) is 16.8 Å². The number of pyridine rings is 1. The number of rotatable bonds is 4. The number of benzene rings is 1. The van der Waals surface area contributed by atoms with Gasteiger partial charge in [0, 0.05) is 24.1 Å². The van der Waals surface area contributed by atoms with Gasteiger partial charge in [0.05, 0.1) is 23.3 Å². The van der Waals surface area contributed by atoms with Gasteiger partial charge >= 0.3 is 0 Å². The zero-order valence-corrected chi connectivity index (χ0v) is 20.5. The van der Waals surface area contributed by atoms with Gasteiger partial charge in [-0.05, 0) is 50.1 Å². The minimum atomic E-state index is -0.597. The first-order chi connectivity index (χ1) is 16.6. The fourth-order valence-corrected chi connectivity index (χ4v) is 4.37. The zero-order chi connectivity index (χ0) is 24.9. The molecule has 1 amide bonds. The molecular weight excluding hydrogens is 445 g/mol. The van der Waals surface area contributed by atoms with Crippen LogP contribution in [0.25, 0.3) is 17.2 Å². The Morgan fingerprint density at radius 3 is 2.74 bits per heavy atom. The third kappa shape index (κ3) is 4.22. The van der Waals surface area contributed by atoms with Crippen molar-refractivity contribution >= 4 is 11.7 Å². The van der Waals surface area contributed by atoms with E-state index in [2.05, 4.69) is 57.7 Å². The van der Waals surface area contributed by atoms with Gasteiger partial charge in [0.15, 0.2) is 5.82 Å². The van der Waals surface area contributed by atoms with Gasteiger partial charge in [0.25, 0.3) is 5.91 Å². The number of hydrogen-bond donors (Lipinski definition) is 1. The van der Waals surface area contributed by atoms with Crippen molar-refractivity contribution in [2.24, 2.45) is 0 Å². The summed E-state index contributed by atoms with van der Waals surface area (Å²) < 4.78 is 18.8. The molecule has 1 aliphatic rings. The molecule has 0 unspecified atom stereocenters. The summed E-state index contributed by atoms with van der Waals surface area (Å²) in [7, 11) is 0. The fraction of sp³-hybridized carbons (Fsp3) is 0.346. The van der Waals surface area contributed by atoms with Crippen molar-refractivity contribution in [1.82, 2.24) is 29.3 Å². The highest BCUT2D eigenvalue weighted by molar-refractivity contribution is 6.04. The van der Waals surface area contributed by atoms with E-state index in [0.717, 1.165) is 24.4 Å². The number of carbonyl (C=O) groups is 1. The van der Waals surface area contributed by atoms with Gasteiger partial charge < -0.3 is 14.5 Å². The smallest absolute Gasteiger partial charge is 0.259 e. The van der Waals surface area contributed by atoms with Gasteiger partial charge in [0.2, 0.25) is 0 Å². The molecule has 1 N–H and O–H groups in total. The van der Waals surface area contributed by atoms with Crippen LogP contribution in [-0.2, 0) is 11.8 Å². The maximum absolute atomic E-state index is 14.9. The Hall–Kier alpha value is -3.88. The summed E-state index contributed by atoms with van der Waals surface area (Å²) in [6, 6.07) is 8.49. The first-order valence-corrected chi connectivity index (χ1v) is 11.7. The highest BCUT2D eigenvalue weighted by Crippen LogP contribution is 2.30. The molecule has 0 spiro atoms. The molecular formula is C26H28FN7O. The molecule has 0 aliphatic carbocycles. The number of hydrogen-bond acceptors (Lipinski definition) is 5. The molecule has 4 aromatic rings. The summed E-state index contributed by atoms with van der Waals surface area (Å²) in [5.41, 5.74) is 2.70. The molecule has 0 fully saturated rings. The zero-order valence-electron chi connectivity index (χ0n) is 20.5. The van der Waals surface area contributed by atoms with E-state index >= 15 is 0 Å². The van der Waals surface area contributed by atoms with Crippen LogP contribution in [0.15, 0.2) is 42.9 Å². The summed E-state index contributed by atoms with van der Waals surface area (Å²) in [5.74, 6) is 0.742. The SMILES string of the molecule is Cc1cc(F)c(C(=O)Nc2cccc(-c3nnc4n3[C@@H](C)CC4)n2)cc1-n1cnc(C(C)(C)C)c1. The Kier molecular flexibility index (Phi) is 5.50.